The SMILES string of the molecule is Cc1cc(Nc2nc(Sc3cccc(CC(=O)O)c3)cc3nccn23)n[nH]1. The molecule has 4 aromatic rings. The molecule has 3 heterocycles. The zero-order valence-electron chi connectivity index (χ0n) is 14.4. The van der Waals surface area contributed by atoms with Crippen LogP contribution in [0.5, 0.6) is 0 Å². The lowest BCUT2D eigenvalue weighted by Gasteiger charge is -2.09. The van der Waals surface area contributed by atoms with Gasteiger partial charge in [-0.25, -0.2) is 9.97 Å². The minimum Gasteiger partial charge on any atom is -0.481 e. The zero-order valence-corrected chi connectivity index (χ0v) is 15.2. The lowest BCUT2D eigenvalue weighted by Crippen LogP contribution is -2.02. The number of hydrogen-bond donors (Lipinski definition) is 3. The van der Waals surface area contributed by atoms with Gasteiger partial charge in [0, 0.05) is 35.1 Å². The molecule has 3 aromatic heterocycles. The number of nitrogens with zero attached hydrogens (tertiary/aromatic N) is 4. The minimum atomic E-state index is -0.852. The van der Waals surface area contributed by atoms with Crippen molar-refractivity contribution in [3.63, 3.8) is 0 Å². The molecule has 0 unspecified atom stereocenters. The van der Waals surface area contributed by atoms with E-state index in [-0.39, 0.29) is 6.42 Å². The smallest absolute Gasteiger partial charge is 0.307 e. The summed E-state index contributed by atoms with van der Waals surface area (Å²) >= 11 is 1.45. The third-order valence-corrected chi connectivity index (χ3v) is 4.70. The number of benzene rings is 1. The third kappa shape index (κ3) is 3.93. The Hall–Kier alpha value is -3.33. The molecule has 136 valence electrons. The molecule has 0 bridgehead atoms. The molecule has 9 heteroatoms. The van der Waals surface area contributed by atoms with E-state index < -0.39 is 5.97 Å². The fraction of sp³-hybridized carbons (Fsp3) is 0.111. The number of nitrogens with one attached hydrogen (secondary N) is 2. The van der Waals surface area contributed by atoms with Crippen LogP contribution in [0.15, 0.2) is 58.7 Å². The standard InChI is InChI=1S/C18H16N6O2S/c1-11-7-14(23-22-11)20-18-21-16(10-15-19-5-6-24(15)18)27-13-4-2-3-12(8-13)9-17(25)26/h2-8,10H,9H2,1H3,(H,25,26)(H2,20,21,22,23). The van der Waals surface area contributed by atoms with Gasteiger partial charge >= 0.3 is 5.97 Å². The molecule has 0 spiro atoms. The topological polar surface area (TPSA) is 108 Å². The number of aromatic nitrogens is 5. The summed E-state index contributed by atoms with van der Waals surface area (Å²) in [5.74, 6) is 0.413. The highest BCUT2D eigenvalue weighted by Gasteiger charge is 2.10. The predicted molar refractivity (Wildman–Crippen MR) is 101 cm³/mol. The first-order chi connectivity index (χ1) is 13.1. The Bertz CT molecular complexity index is 1120. The molecule has 0 saturated heterocycles. The summed E-state index contributed by atoms with van der Waals surface area (Å²) in [6.45, 7) is 1.93. The zero-order chi connectivity index (χ0) is 18.8. The van der Waals surface area contributed by atoms with Crippen molar-refractivity contribution in [1.29, 1.82) is 0 Å². The average molecular weight is 380 g/mol. The van der Waals surface area contributed by atoms with Gasteiger partial charge in [-0.05, 0) is 24.6 Å². The van der Waals surface area contributed by atoms with E-state index in [1.165, 1.54) is 11.8 Å². The summed E-state index contributed by atoms with van der Waals surface area (Å²) in [5, 5.41) is 20.0. The third-order valence-electron chi connectivity index (χ3n) is 3.79. The first-order valence-corrected chi connectivity index (χ1v) is 9.00. The maximum Gasteiger partial charge on any atom is 0.307 e. The predicted octanol–water partition coefficient (Wildman–Crippen LogP) is 3.28. The molecule has 0 radical (unpaired) electrons. The van der Waals surface area contributed by atoms with Crippen LogP contribution in [0.4, 0.5) is 11.8 Å². The van der Waals surface area contributed by atoms with Crippen LogP contribution in [0.3, 0.4) is 0 Å². The molecule has 0 fully saturated rings. The van der Waals surface area contributed by atoms with Crippen molar-refractivity contribution in [3.05, 3.63) is 60.0 Å². The highest BCUT2D eigenvalue weighted by Crippen LogP contribution is 2.29. The first-order valence-electron chi connectivity index (χ1n) is 8.18. The maximum absolute atomic E-state index is 10.9. The van der Waals surface area contributed by atoms with E-state index in [1.54, 1.807) is 12.3 Å². The molecule has 4 rings (SSSR count). The molecule has 3 N–H and O–H groups in total. The number of hydrogen-bond acceptors (Lipinski definition) is 6. The fourth-order valence-corrected chi connectivity index (χ4v) is 3.55. The monoisotopic (exact) mass is 380 g/mol. The van der Waals surface area contributed by atoms with E-state index in [1.807, 2.05) is 47.9 Å². The quantitative estimate of drug-likeness (QED) is 0.441. The number of H-pyrrole nitrogens is 1. The van der Waals surface area contributed by atoms with Crippen LogP contribution in [0.2, 0.25) is 0 Å². The summed E-state index contributed by atoms with van der Waals surface area (Å²) in [7, 11) is 0. The molecule has 1 aromatic carbocycles. The summed E-state index contributed by atoms with van der Waals surface area (Å²) in [5.41, 5.74) is 2.45. The van der Waals surface area contributed by atoms with Crippen molar-refractivity contribution in [2.24, 2.45) is 0 Å². The Labute approximate surface area is 158 Å². The lowest BCUT2D eigenvalue weighted by atomic mass is 10.2. The van der Waals surface area contributed by atoms with Crippen LogP contribution < -0.4 is 5.32 Å². The second-order valence-electron chi connectivity index (χ2n) is 5.95. The van der Waals surface area contributed by atoms with Gasteiger partial charge in [0.2, 0.25) is 5.95 Å². The molecule has 0 aliphatic rings. The Morgan fingerprint density at radius 3 is 3.00 bits per heavy atom. The normalized spacial score (nSPS) is 11.0. The number of aryl methyl sites for hydroxylation is 1. The number of aliphatic carboxylic acids is 1. The molecule has 27 heavy (non-hydrogen) atoms. The highest BCUT2D eigenvalue weighted by atomic mass is 32.2. The van der Waals surface area contributed by atoms with E-state index in [9.17, 15) is 4.79 Å². The van der Waals surface area contributed by atoms with Crippen molar-refractivity contribution < 1.29 is 9.90 Å². The largest absolute Gasteiger partial charge is 0.481 e. The summed E-state index contributed by atoms with van der Waals surface area (Å²) in [6, 6.07) is 11.2. The van der Waals surface area contributed by atoms with E-state index in [0.29, 0.717) is 11.8 Å². The first kappa shape index (κ1) is 17.1. The number of fused-ring (bicyclic) bond motifs is 1. The molecule has 0 atom stereocenters. The van der Waals surface area contributed by atoms with E-state index in [2.05, 4.69) is 25.5 Å². The van der Waals surface area contributed by atoms with Crippen LogP contribution >= 0.6 is 11.8 Å². The summed E-state index contributed by atoms with van der Waals surface area (Å²) in [4.78, 5) is 20.9. The molecule has 0 aliphatic carbocycles. The van der Waals surface area contributed by atoms with E-state index >= 15 is 0 Å². The van der Waals surface area contributed by atoms with E-state index in [0.717, 1.165) is 26.8 Å². The van der Waals surface area contributed by atoms with Crippen molar-refractivity contribution >= 4 is 35.1 Å². The number of anilines is 2. The second-order valence-corrected chi connectivity index (χ2v) is 7.05. The van der Waals surface area contributed by atoms with Crippen molar-refractivity contribution in [1.82, 2.24) is 24.6 Å². The van der Waals surface area contributed by atoms with Gasteiger partial charge in [-0.2, -0.15) is 5.10 Å². The Morgan fingerprint density at radius 1 is 1.33 bits per heavy atom. The second kappa shape index (κ2) is 7.12. The summed E-state index contributed by atoms with van der Waals surface area (Å²) in [6.07, 6.45) is 3.53. The van der Waals surface area contributed by atoms with Gasteiger partial charge < -0.3 is 10.4 Å². The van der Waals surface area contributed by atoms with Crippen LogP contribution in [-0.4, -0.2) is 35.6 Å². The molecular formula is C18H16N6O2S. The van der Waals surface area contributed by atoms with Gasteiger partial charge in [0.25, 0.3) is 0 Å². The van der Waals surface area contributed by atoms with Crippen molar-refractivity contribution in [3.8, 4) is 0 Å². The number of rotatable bonds is 6. The summed E-state index contributed by atoms with van der Waals surface area (Å²) < 4.78 is 1.84. The number of carbonyl (C=O) groups is 1. The Balaban J connectivity index is 1.65. The number of imidazole rings is 1. The minimum absolute atomic E-state index is 0.00750. The molecule has 0 amide bonds. The van der Waals surface area contributed by atoms with Crippen molar-refractivity contribution in [2.75, 3.05) is 5.32 Å². The van der Waals surface area contributed by atoms with Crippen LogP contribution in [0.1, 0.15) is 11.3 Å². The Morgan fingerprint density at radius 2 is 2.22 bits per heavy atom. The highest BCUT2D eigenvalue weighted by molar-refractivity contribution is 7.99. The number of carboxylic acids is 1. The fourth-order valence-electron chi connectivity index (χ4n) is 2.65. The van der Waals surface area contributed by atoms with Crippen LogP contribution in [0.25, 0.3) is 5.65 Å². The lowest BCUT2D eigenvalue weighted by molar-refractivity contribution is -0.136. The van der Waals surface area contributed by atoms with Crippen molar-refractivity contribution in [2.45, 2.75) is 23.3 Å². The molecule has 0 aliphatic heterocycles. The van der Waals surface area contributed by atoms with Gasteiger partial charge in [0.05, 0.1) is 6.42 Å². The van der Waals surface area contributed by atoms with Gasteiger partial charge in [0.15, 0.2) is 5.82 Å². The molecule has 8 nitrogen and oxygen atoms in total. The van der Waals surface area contributed by atoms with Crippen LogP contribution in [0, 0.1) is 6.92 Å². The average Bonchev–Trinajstić information content (AvgIpc) is 3.23. The number of aromatic amines is 1. The number of carboxylic acid groups (broad SMARTS) is 1. The molecule has 0 saturated carbocycles. The van der Waals surface area contributed by atoms with Gasteiger partial charge in [-0.3, -0.25) is 14.3 Å². The van der Waals surface area contributed by atoms with Gasteiger partial charge in [0.1, 0.15) is 10.7 Å². The van der Waals surface area contributed by atoms with Gasteiger partial charge in [-0.1, -0.05) is 23.9 Å². The molecular weight excluding hydrogens is 364 g/mol. The van der Waals surface area contributed by atoms with E-state index in [4.69, 9.17) is 5.11 Å². The van der Waals surface area contributed by atoms with Gasteiger partial charge in [-0.15, -0.1) is 0 Å². The maximum atomic E-state index is 10.9. The van der Waals surface area contributed by atoms with Crippen LogP contribution in [-0.2, 0) is 11.2 Å². The Kier molecular flexibility index (Phi) is 4.51.